The molecule has 0 atom stereocenters. The third kappa shape index (κ3) is 2.42. The molecule has 0 radical (unpaired) electrons. The summed E-state index contributed by atoms with van der Waals surface area (Å²) >= 11 is 0. The summed E-state index contributed by atoms with van der Waals surface area (Å²) in [5, 5.41) is 18.2. The second-order valence-corrected chi connectivity index (χ2v) is 5.46. The van der Waals surface area contributed by atoms with Crippen molar-refractivity contribution >= 4 is 5.69 Å². The number of benzene rings is 1. The van der Waals surface area contributed by atoms with Crippen LogP contribution in [0.2, 0.25) is 0 Å². The minimum Gasteiger partial charge on any atom is -0.392 e. The molecule has 1 saturated heterocycles. The van der Waals surface area contributed by atoms with E-state index in [2.05, 4.69) is 24.8 Å². The molecule has 17 heavy (non-hydrogen) atoms. The SMILES string of the molecule is CC1(C)CCN(c2ccc(CO)cc2C#N)C1. The Morgan fingerprint density at radius 2 is 2.24 bits per heavy atom. The van der Waals surface area contributed by atoms with Crippen LogP contribution in [-0.2, 0) is 6.61 Å². The Labute approximate surface area is 102 Å². The maximum atomic E-state index is 9.17. The number of hydrogen-bond donors (Lipinski definition) is 1. The first-order valence-corrected chi connectivity index (χ1v) is 5.94. The van der Waals surface area contributed by atoms with Gasteiger partial charge in [-0.15, -0.1) is 0 Å². The first kappa shape index (κ1) is 11.9. The molecular formula is C14H18N2O. The Bertz CT molecular complexity index is 460. The Hall–Kier alpha value is -1.53. The van der Waals surface area contributed by atoms with E-state index in [1.54, 1.807) is 6.07 Å². The minimum atomic E-state index is -0.0134. The lowest BCUT2D eigenvalue weighted by Gasteiger charge is -2.22. The van der Waals surface area contributed by atoms with Gasteiger partial charge in [0.15, 0.2) is 0 Å². The zero-order valence-electron chi connectivity index (χ0n) is 10.4. The quantitative estimate of drug-likeness (QED) is 0.848. The smallest absolute Gasteiger partial charge is 0.101 e. The molecule has 2 rings (SSSR count). The van der Waals surface area contributed by atoms with Gasteiger partial charge < -0.3 is 10.0 Å². The second-order valence-electron chi connectivity index (χ2n) is 5.46. The maximum absolute atomic E-state index is 9.17. The largest absolute Gasteiger partial charge is 0.392 e. The highest BCUT2D eigenvalue weighted by molar-refractivity contribution is 5.61. The monoisotopic (exact) mass is 230 g/mol. The fourth-order valence-corrected chi connectivity index (χ4v) is 2.36. The molecule has 0 aromatic heterocycles. The van der Waals surface area contributed by atoms with Crippen molar-refractivity contribution in [3.8, 4) is 6.07 Å². The van der Waals surface area contributed by atoms with Gasteiger partial charge in [-0.3, -0.25) is 0 Å². The van der Waals surface area contributed by atoms with Crippen LogP contribution in [-0.4, -0.2) is 18.2 Å². The van der Waals surface area contributed by atoms with Crippen molar-refractivity contribution in [2.24, 2.45) is 5.41 Å². The van der Waals surface area contributed by atoms with Gasteiger partial charge in [0.1, 0.15) is 6.07 Å². The summed E-state index contributed by atoms with van der Waals surface area (Å²) in [6.07, 6.45) is 1.15. The molecule has 0 bridgehead atoms. The van der Waals surface area contributed by atoms with Crippen LogP contribution in [0.4, 0.5) is 5.69 Å². The van der Waals surface area contributed by atoms with Crippen molar-refractivity contribution in [3.05, 3.63) is 29.3 Å². The molecule has 3 nitrogen and oxygen atoms in total. The number of aliphatic hydroxyl groups is 1. The summed E-state index contributed by atoms with van der Waals surface area (Å²) in [6.45, 7) is 6.48. The van der Waals surface area contributed by atoms with Crippen LogP contribution in [0.15, 0.2) is 18.2 Å². The summed E-state index contributed by atoms with van der Waals surface area (Å²) in [7, 11) is 0. The second kappa shape index (κ2) is 4.38. The molecule has 1 aromatic rings. The van der Waals surface area contributed by atoms with E-state index in [1.807, 2.05) is 12.1 Å². The Morgan fingerprint density at radius 1 is 1.47 bits per heavy atom. The number of nitrogens with zero attached hydrogens (tertiary/aromatic N) is 2. The van der Waals surface area contributed by atoms with E-state index in [9.17, 15) is 5.26 Å². The molecule has 0 saturated carbocycles. The van der Waals surface area contributed by atoms with Crippen molar-refractivity contribution in [3.63, 3.8) is 0 Å². The van der Waals surface area contributed by atoms with Crippen LogP contribution < -0.4 is 4.90 Å². The average molecular weight is 230 g/mol. The lowest BCUT2D eigenvalue weighted by Crippen LogP contribution is -2.23. The molecule has 1 N–H and O–H groups in total. The topological polar surface area (TPSA) is 47.3 Å². The van der Waals surface area contributed by atoms with Gasteiger partial charge in [0.05, 0.1) is 17.9 Å². The summed E-state index contributed by atoms with van der Waals surface area (Å²) in [5.41, 5.74) is 2.77. The van der Waals surface area contributed by atoms with Crippen LogP contribution in [0.5, 0.6) is 0 Å². The fraction of sp³-hybridized carbons (Fsp3) is 0.500. The molecule has 1 fully saturated rings. The van der Waals surface area contributed by atoms with Gasteiger partial charge >= 0.3 is 0 Å². The molecule has 1 aliphatic heterocycles. The third-order valence-corrected chi connectivity index (χ3v) is 3.38. The fourth-order valence-electron chi connectivity index (χ4n) is 2.36. The number of rotatable bonds is 2. The van der Waals surface area contributed by atoms with E-state index >= 15 is 0 Å². The van der Waals surface area contributed by atoms with Crippen molar-refractivity contribution < 1.29 is 5.11 Å². The zero-order chi connectivity index (χ0) is 12.5. The molecule has 1 aromatic carbocycles. The molecular weight excluding hydrogens is 212 g/mol. The zero-order valence-corrected chi connectivity index (χ0v) is 10.4. The normalized spacial score (nSPS) is 18.1. The van der Waals surface area contributed by atoms with E-state index in [-0.39, 0.29) is 6.61 Å². The molecule has 0 aliphatic carbocycles. The van der Waals surface area contributed by atoms with E-state index < -0.39 is 0 Å². The summed E-state index contributed by atoms with van der Waals surface area (Å²) in [6, 6.07) is 7.84. The van der Waals surface area contributed by atoms with E-state index in [1.165, 1.54) is 0 Å². The number of anilines is 1. The van der Waals surface area contributed by atoms with E-state index in [0.29, 0.717) is 11.0 Å². The van der Waals surface area contributed by atoms with Gasteiger partial charge in [-0.05, 0) is 29.5 Å². The van der Waals surface area contributed by atoms with Gasteiger partial charge in [0.25, 0.3) is 0 Å². The van der Waals surface area contributed by atoms with Gasteiger partial charge in [-0.2, -0.15) is 5.26 Å². The lowest BCUT2D eigenvalue weighted by molar-refractivity contribution is 0.282. The molecule has 0 spiro atoms. The predicted molar refractivity (Wildman–Crippen MR) is 67.7 cm³/mol. The molecule has 0 amide bonds. The Kier molecular flexibility index (Phi) is 3.08. The third-order valence-electron chi connectivity index (χ3n) is 3.38. The summed E-state index contributed by atoms with van der Waals surface area (Å²) in [5.74, 6) is 0. The highest BCUT2D eigenvalue weighted by Gasteiger charge is 2.30. The highest BCUT2D eigenvalue weighted by Crippen LogP contribution is 2.34. The van der Waals surface area contributed by atoms with Crippen molar-refractivity contribution in [1.82, 2.24) is 0 Å². The molecule has 1 heterocycles. The molecule has 3 heteroatoms. The molecule has 90 valence electrons. The predicted octanol–water partition coefficient (Wildman–Crippen LogP) is 2.29. The maximum Gasteiger partial charge on any atom is 0.101 e. The average Bonchev–Trinajstić information content (AvgIpc) is 2.68. The summed E-state index contributed by atoms with van der Waals surface area (Å²) in [4.78, 5) is 2.26. The Balaban J connectivity index is 2.31. The Morgan fingerprint density at radius 3 is 2.76 bits per heavy atom. The minimum absolute atomic E-state index is 0.0134. The number of hydrogen-bond acceptors (Lipinski definition) is 3. The van der Waals surface area contributed by atoms with Crippen LogP contribution in [0.1, 0.15) is 31.4 Å². The van der Waals surface area contributed by atoms with E-state index in [4.69, 9.17) is 5.11 Å². The van der Waals surface area contributed by atoms with Gasteiger partial charge in [0, 0.05) is 13.1 Å². The van der Waals surface area contributed by atoms with Crippen LogP contribution >= 0.6 is 0 Å². The molecule has 0 unspecified atom stereocenters. The van der Waals surface area contributed by atoms with Crippen molar-refractivity contribution in [1.29, 1.82) is 5.26 Å². The number of aliphatic hydroxyl groups excluding tert-OH is 1. The molecule has 1 aliphatic rings. The van der Waals surface area contributed by atoms with E-state index in [0.717, 1.165) is 30.8 Å². The van der Waals surface area contributed by atoms with Gasteiger partial charge in [-0.1, -0.05) is 19.9 Å². The van der Waals surface area contributed by atoms with Gasteiger partial charge in [0.2, 0.25) is 0 Å². The summed E-state index contributed by atoms with van der Waals surface area (Å²) < 4.78 is 0. The van der Waals surface area contributed by atoms with Gasteiger partial charge in [-0.25, -0.2) is 0 Å². The first-order chi connectivity index (χ1) is 8.05. The lowest BCUT2D eigenvalue weighted by atomic mass is 9.93. The van der Waals surface area contributed by atoms with Crippen molar-refractivity contribution in [2.45, 2.75) is 26.9 Å². The van der Waals surface area contributed by atoms with Crippen LogP contribution in [0.25, 0.3) is 0 Å². The van der Waals surface area contributed by atoms with Crippen LogP contribution in [0, 0.1) is 16.7 Å². The highest BCUT2D eigenvalue weighted by atomic mass is 16.3. The van der Waals surface area contributed by atoms with Crippen LogP contribution in [0.3, 0.4) is 0 Å². The van der Waals surface area contributed by atoms with Crippen molar-refractivity contribution in [2.75, 3.05) is 18.0 Å². The first-order valence-electron chi connectivity index (χ1n) is 5.94. The standard InChI is InChI=1S/C14H18N2O/c1-14(2)5-6-16(10-14)13-4-3-11(9-17)7-12(13)8-15/h3-4,7,17H,5-6,9-10H2,1-2H3. The number of nitriles is 1.